The molecule has 1 aromatic carbocycles. The average Bonchev–Trinajstić information content (AvgIpc) is 2.62. The van der Waals surface area contributed by atoms with Crippen molar-refractivity contribution in [2.45, 2.75) is 12.5 Å². The molecule has 0 bridgehead atoms. The standard InChI is InChI=1S/C19H16FN3O/c20-17-5-3-15(4-6-17)19(16-7-10-21-11-8-16)23-18(24)12-14-2-1-9-22-13-14/h1-11,13,19H,12H2,(H,23,24). The lowest BCUT2D eigenvalue weighted by Crippen LogP contribution is -2.30. The fourth-order valence-corrected chi connectivity index (χ4v) is 2.47. The minimum Gasteiger partial charge on any atom is -0.345 e. The molecule has 0 saturated carbocycles. The number of carbonyl (C=O) groups is 1. The summed E-state index contributed by atoms with van der Waals surface area (Å²) in [4.78, 5) is 20.4. The molecule has 3 aromatic rings. The fourth-order valence-electron chi connectivity index (χ4n) is 2.47. The first-order valence-electron chi connectivity index (χ1n) is 7.56. The highest BCUT2D eigenvalue weighted by atomic mass is 19.1. The number of hydrogen-bond acceptors (Lipinski definition) is 3. The summed E-state index contributed by atoms with van der Waals surface area (Å²) in [6.07, 6.45) is 6.90. The van der Waals surface area contributed by atoms with Gasteiger partial charge in [-0.2, -0.15) is 0 Å². The van der Waals surface area contributed by atoms with Crippen LogP contribution in [0.1, 0.15) is 22.7 Å². The van der Waals surface area contributed by atoms with Gasteiger partial charge < -0.3 is 5.32 Å². The molecule has 0 aliphatic rings. The highest BCUT2D eigenvalue weighted by Gasteiger charge is 2.17. The van der Waals surface area contributed by atoms with Crippen LogP contribution in [0.25, 0.3) is 0 Å². The van der Waals surface area contributed by atoms with Crippen molar-refractivity contribution in [2.75, 3.05) is 0 Å². The van der Waals surface area contributed by atoms with Gasteiger partial charge in [0, 0.05) is 24.8 Å². The summed E-state index contributed by atoms with van der Waals surface area (Å²) in [5.41, 5.74) is 2.53. The van der Waals surface area contributed by atoms with Crippen LogP contribution in [0.5, 0.6) is 0 Å². The molecular weight excluding hydrogens is 305 g/mol. The summed E-state index contributed by atoms with van der Waals surface area (Å²) in [7, 11) is 0. The first-order valence-corrected chi connectivity index (χ1v) is 7.56. The van der Waals surface area contributed by atoms with Crippen LogP contribution in [-0.4, -0.2) is 15.9 Å². The third-order valence-electron chi connectivity index (χ3n) is 3.64. The number of aromatic nitrogens is 2. The number of amides is 1. The van der Waals surface area contributed by atoms with E-state index in [1.165, 1.54) is 12.1 Å². The van der Waals surface area contributed by atoms with Crippen LogP contribution >= 0.6 is 0 Å². The minimum absolute atomic E-state index is 0.130. The van der Waals surface area contributed by atoms with Gasteiger partial charge in [0.1, 0.15) is 5.82 Å². The Kier molecular flexibility index (Phi) is 4.91. The molecule has 1 atom stereocenters. The molecule has 0 saturated heterocycles. The van der Waals surface area contributed by atoms with E-state index >= 15 is 0 Å². The number of rotatable bonds is 5. The van der Waals surface area contributed by atoms with Crippen LogP contribution in [0.15, 0.2) is 73.3 Å². The summed E-state index contributed by atoms with van der Waals surface area (Å²) in [5.74, 6) is -0.442. The largest absolute Gasteiger partial charge is 0.345 e. The topological polar surface area (TPSA) is 54.9 Å². The molecule has 0 aliphatic carbocycles. The molecule has 1 unspecified atom stereocenters. The molecule has 1 amide bonds. The third kappa shape index (κ3) is 4.01. The van der Waals surface area contributed by atoms with Gasteiger partial charge in [-0.05, 0) is 47.0 Å². The maximum absolute atomic E-state index is 13.2. The van der Waals surface area contributed by atoms with Gasteiger partial charge in [-0.3, -0.25) is 14.8 Å². The smallest absolute Gasteiger partial charge is 0.225 e. The molecule has 3 rings (SSSR count). The van der Waals surface area contributed by atoms with E-state index in [0.717, 1.165) is 16.7 Å². The van der Waals surface area contributed by atoms with Crippen LogP contribution in [-0.2, 0) is 11.2 Å². The molecule has 2 aromatic heterocycles. The lowest BCUT2D eigenvalue weighted by molar-refractivity contribution is -0.120. The molecule has 1 N–H and O–H groups in total. The first-order chi connectivity index (χ1) is 11.7. The van der Waals surface area contributed by atoms with E-state index in [9.17, 15) is 9.18 Å². The van der Waals surface area contributed by atoms with E-state index in [1.54, 1.807) is 43.0 Å². The van der Waals surface area contributed by atoms with Crippen molar-refractivity contribution >= 4 is 5.91 Å². The highest BCUT2D eigenvalue weighted by Crippen LogP contribution is 2.22. The van der Waals surface area contributed by atoms with Crippen LogP contribution in [0, 0.1) is 5.82 Å². The Bertz CT molecular complexity index is 792. The van der Waals surface area contributed by atoms with Gasteiger partial charge >= 0.3 is 0 Å². The normalized spacial score (nSPS) is 11.7. The van der Waals surface area contributed by atoms with Crippen LogP contribution in [0.2, 0.25) is 0 Å². The van der Waals surface area contributed by atoms with Crippen LogP contribution in [0.4, 0.5) is 4.39 Å². The molecule has 0 spiro atoms. The van der Waals surface area contributed by atoms with Crippen molar-refractivity contribution in [3.63, 3.8) is 0 Å². The van der Waals surface area contributed by atoms with E-state index in [4.69, 9.17) is 0 Å². The lowest BCUT2D eigenvalue weighted by Gasteiger charge is -2.20. The van der Waals surface area contributed by atoms with Gasteiger partial charge in [0.05, 0.1) is 12.5 Å². The average molecular weight is 321 g/mol. The number of hydrogen-bond donors (Lipinski definition) is 1. The second-order valence-electron chi connectivity index (χ2n) is 5.37. The second kappa shape index (κ2) is 7.46. The molecule has 24 heavy (non-hydrogen) atoms. The Morgan fingerprint density at radius 1 is 0.958 bits per heavy atom. The highest BCUT2D eigenvalue weighted by molar-refractivity contribution is 5.79. The van der Waals surface area contributed by atoms with E-state index in [-0.39, 0.29) is 24.2 Å². The SMILES string of the molecule is O=C(Cc1cccnc1)NC(c1ccncc1)c1ccc(F)cc1. The Labute approximate surface area is 139 Å². The molecule has 4 nitrogen and oxygen atoms in total. The molecule has 120 valence electrons. The maximum atomic E-state index is 13.2. The van der Waals surface area contributed by atoms with Gasteiger partial charge in [0.15, 0.2) is 0 Å². The Morgan fingerprint density at radius 3 is 2.33 bits per heavy atom. The molecule has 0 aliphatic heterocycles. The Hall–Kier alpha value is -3.08. The van der Waals surface area contributed by atoms with Gasteiger partial charge in [-0.25, -0.2) is 4.39 Å². The van der Waals surface area contributed by atoms with Crippen molar-refractivity contribution in [2.24, 2.45) is 0 Å². The minimum atomic E-state index is -0.363. The number of nitrogens with zero attached hydrogens (tertiary/aromatic N) is 2. The molecule has 2 heterocycles. The molecule has 5 heteroatoms. The monoisotopic (exact) mass is 321 g/mol. The quantitative estimate of drug-likeness (QED) is 0.786. The van der Waals surface area contributed by atoms with Gasteiger partial charge in [-0.1, -0.05) is 18.2 Å². The van der Waals surface area contributed by atoms with E-state index in [0.29, 0.717) is 0 Å². The predicted molar refractivity (Wildman–Crippen MR) is 88.6 cm³/mol. The number of pyridine rings is 2. The zero-order valence-corrected chi connectivity index (χ0v) is 12.9. The zero-order valence-electron chi connectivity index (χ0n) is 12.9. The van der Waals surface area contributed by atoms with Gasteiger partial charge in [-0.15, -0.1) is 0 Å². The van der Waals surface area contributed by atoms with E-state index < -0.39 is 0 Å². The third-order valence-corrected chi connectivity index (χ3v) is 3.64. The molecule has 0 radical (unpaired) electrons. The van der Waals surface area contributed by atoms with Crippen LogP contribution in [0.3, 0.4) is 0 Å². The number of halogens is 1. The summed E-state index contributed by atoms with van der Waals surface area (Å²) >= 11 is 0. The Balaban J connectivity index is 1.82. The van der Waals surface area contributed by atoms with E-state index in [2.05, 4.69) is 15.3 Å². The number of benzene rings is 1. The lowest BCUT2D eigenvalue weighted by atomic mass is 9.99. The number of carbonyl (C=O) groups excluding carboxylic acids is 1. The van der Waals surface area contributed by atoms with Gasteiger partial charge in [0.2, 0.25) is 5.91 Å². The molecular formula is C19H16FN3O. The van der Waals surface area contributed by atoms with Crippen molar-refractivity contribution in [1.82, 2.24) is 15.3 Å². The van der Waals surface area contributed by atoms with Gasteiger partial charge in [0.25, 0.3) is 0 Å². The molecule has 0 fully saturated rings. The Morgan fingerprint density at radius 2 is 1.67 bits per heavy atom. The van der Waals surface area contributed by atoms with Crippen molar-refractivity contribution in [3.8, 4) is 0 Å². The zero-order chi connectivity index (χ0) is 16.8. The second-order valence-corrected chi connectivity index (χ2v) is 5.37. The maximum Gasteiger partial charge on any atom is 0.225 e. The summed E-state index contributed by atoms with van der Waals surface area (Å²) in [5, 5.41) is 3.00. The van der Waals surface area contributed by atoms with E-state index in [1.807, 2.05) is 18.2 Å². The summed E-state index contributed by atoms with van der Waals surface area (Å²) in [6.45, 7) is 0. The van der Waals surface area contributed by atoms with Crippen molar-refractivity contribution in [1.29, 1.82) is 0 Å². The van der Waals surface area contributed by atoms with Crippen molar-refractivity contribution in [3.05, 3.63) is 95.8 Å². The van der Waals surface area contributed by atoms with Crippen LogP contribution < -0.4 is 5.32 Å². The fraction of sp³-hybridized carbons (Fsp3) is 0.105. The first kappa shape index (κ1) is 15.8. The summed E-state index contributed by atoms with van der Waals surface area (Å²) < 4.78 is 13.2. The van der Waals surface area contributed by atoms with Crippen molar-refractivity contribution < 1.29 is 9.18 Å². The predicted octanol–water partition coefficient (Wildman–Crippen LogP) is 3.06. The summed E-state index contributed by atoms with van der Waals surface area (Å²) in [6, 6.07) is 13.1. The number of nitrogens with one attached hydrogen (secondary N) is 1.